The number of hydrogen-bond donors (Lipinski definition) is 0. The predicted octanol–water partition coefficient (Wildman–Crippen LogP) is 8.25. The first-order chi connectivity index (χ1) is 12.8. The third-order valence-corrected chi connectivity index (χ3v) is 7.06. The molecule has 0 saturated carbocycles. The Morgan fingerprint density at radius 1 is 0.808 bits per heavy atom. The molecular weight excluding hydrogens is 376 g/mol. The van der Waals surface area contributed by atoms with Crippen LogP contribution in [0.5, 0.6) is 0 Å². The van der Waals surface area contributed by atoms with Crippen LogP contribution in [0.15, 0.2) is 77.7 Å². The van der Waals surface area contributed by atoms with Crippen LogP contribution in [0, 0.1) is 0 Å². The van der Waals surface area contributed by atoms with Crippen LogP contribution in [-0.2, 0) is 0 Å². The number of hydrogen-bond acceptors (Lipinski definition) is 2. The predicted molar refractivity (Wildman–Crippen MR) is 119 cm³/mol. The Kier molecular flexibility index (Phi) is 3.93. The summed E-state index contributed by atoms with van der Waals surface area (Å²) in [5.74, 6) is 0. The van der Waals surface area contributed by atoms with Gasteiger partial charge in [-0.05, 0) is 46.4 Å². The smallest absolute Gasteiger partial charge is 0.0434 e. The molecule has 126 valence electrons. The van der Waals surface area contributed by atoms with Gasteiger partial charge in [0.2, 0.25) is 0 Å². The maximum absolute atomic E-state index is 6.23. The van der Waals surface area contributed by atoms with Gasteiger partial charge in [-0.3, -0.25) is 0 Å². The van der Waals surface area contributed by atoms with E-state index in [1.807, 2.05) is 17.4 Å². The summed E-state index contributed by atoms with van der Waals surface area (Å²) in [5.41, 5.74) is 2.53. The van der Waals surface area contributed by atoms with Crippen molar-refractivity contribution in [2.24, 2.45) is 0 Å². The SMILES string of the molecule is CSc1cc(Cl)ccc1-c1cccc2sc3c4ccccc4ccc3c12. The maximum atomic E-state index is 6.23. The Labute approximate surface area is 165 Å². The molecule has 0 bridgehead atoms. The standard InChI is InChI=1S/C23H15ClS2/c1-25-21-13-15(24)10-12-17(21)18-7-4-8-20-22(18)19-11-9-14-5-2-3-6-16(14)23(19)26-20/h2-13H,1H3. The van der Waals surface area contributed by atoms with Gasteiger partial charge in [-0.15, -0.1) is 23.1 Å². The van der Waals surface area contributed by atoms with Gasteiger partial charge in [-0.25, -0.2) is 0 Å². The largest absolute Gasteiger partial charge is 0.135 e. The van der Waals surface area contributed by atoms with E-state index < -0.39 is 0 Å². The molecule has 1 heterocycles. The van der Waals surface area contributed by atoms with Crippen molar-refractivity contribution in [3.05, 3.63) is 77.8 Å². The Balaban J connectivity index is 1.92. The fourth-order valence-electron chi connectivity index (χ4n) is 3.67. The number of rotatable bonds is 2. The highest BCUT2D eigenvalue weighted by molar-refractivity contribution is 7.98. The second kappa shape index (κ2) is 6.31. The molecule has 0 N–H and O–H groups in total. The summed E-state index contributed by atoms with van der Waals surface area (Å²) < 4.78 is 2.70. The molecule has 0 fully saturated rings. The minimum atomic E-state index is 0.784. The van der Waals surface area contributed by atoms with Crippen LogP contribution in [0.3, 0.4) is 0 Å². The Hall–Kier alpha value is -2.00. The van der Waals surface area contributed by atoms with Crippen LogP contribution in [0.4, 0.5) is 0 Å². The van der Waals surface area contributed by atoms with Gasteiger partial charge in [0.1, 0.15) is 0 Å². The van der Waals surface area contributed by atoms with E-state index in [9.17, 15) is 0 Å². The second-order valence-corrected chi connectivity index (χ2v) is 8.63. The summed E-state index contributed by atoms with van der Waals surface area (Å²) in [6.45, 7) is 0. The van der Waals surface area contributed by atoms with Gasteiger partial charge < -0.3 is 0 Å². The van der Waals surface area contributed by atoms with Crippen molar-refractivity contribution >= 4 is 65.6 Å². The molecule has 1 aromatic heterocycles. The Morgan fingerprint density at radius 3 is 2.58 bits per heavy atom. The average Bonchev–Trinajstić information content (AvgIpc) is 3.07. The molecule has 0 spiro atoms. The van der Waals surface area contributed by atoms with Gasteiger partial charge >= 0.3 is 0 Å². The van der Waals surface area contributed by atoms with Crippen LogP contribution in [-0.4, -0.2) is 6.26 Å². The van der Waals surface area contributed by atoms with Crippen LogP contribution < -0.4 is 0 Å². The quantitative estimate of drug-likeness (QED) is 0.273. The molecule has 26 heavy (non-hydrogen) atoms. The minimum absolute atomic E-state index is 0.784. The molecule has 0 aliphatic carbocycles. The number of thiophene rings is 1. The first-order valence-corrected chi connectivity index (χ1v) is 10.8. The van der Waals surface area contributed by atoms with Crippen molar-refractivity contribution in [2.45, 2.75) is 4.90 Å². The van der Waals surface area contributed by atoms with Gasteiger partial charge in [0, 0.05) is 30.1 Å². The van der Waals surface area contributed by atoms with Gasteiger partial charge in [0.15, 0.2) is 0 Å². The fraction of sp³-hybridized carbons (Fsp3) is 0.0435. The van der Waals surface area contributed by atoms with Crippen LogP contribution in [0.1, 0.15) is 0 Å². The van der Waals surface area contributed by atoms with Gasteiger partial charge in [-0.2, -0.15) is 0 Å². The van der Waals surface area contributed by atoms with E-state index in [4.69, 9.17) is 11.6 Å². The molecule has 0 nitrogen and oxygen atoms in total. The van der Waals surface area contributed by atoms with Crippen LogP contribution in [0.25, 0.3) is 42.1 Å². The van der Waals surface area contributed by atoms with E-state index in [0.717, 1.165) is 5.02 Å². The lowest BCUT2D eigenvalue weighted by atomic mass is 9.98. The van der Waals surface area contributed by atoms with Crippen molar-refractivity contribution in [1.29, 1.82) is 0 Å². The zero-order chi connectivity index (χ0) is 17.7. The summed E-state index contributed by atoms with van der Waals surface area (Å²) in [7, 11) is 0. The Bertz CT molecular complexity index is 1280. The van der Waals surface area contributed by atoms with E-state index in [0.29, 0.717) is 0 Å². The molecule has 0 radical (unpaired) electrons. The van der Waals surface area contributed by atoms with Crippen molar-refractivity contribution in [1.82, 2.24) is 0 Å². The monoisotopic (exact) mass is 390 g/mol. The van der Waals surface area contributed by atoms with E-state index in [2.05, 4.69) is 73.0 Å². The first kappa shape index (κ1) is 16.2. The van der Waals surface area contributed by atoms with E-state index in [1.165, 1.54) is 47.0 Å². The highest BCUT2D eigenvalue weighted by Gasteiger charge is 2.14. The number of fused-ring (bicyclic) bond motifs is 5. The minimum Gasteiger partial charge on any atom is -0.135 e. The van der Waals surface area contributed by atoms with Crippen LogP contribution in [0.2, 0.25) is 5.02 Å². The summed E-state index contributed by atoms with van der Waals surface area (Å²) >= 11 is 9.86. The number of benzene rings is 4. The normalized spacial score (nSPS) is 11.6. The summed E-state index contributed by atoms with van der Waals surface area (Å²) in [6, 6.07) is 26.0. The number of halogens is 1. The molecule has 0 aliphatic rings. The maximum Gasteiger partial charge on any atom is 0.0434 e. The highest BCUT2D eigenvalue weighted by atomic mass is 35.5. The lowest BCUT2D eigenvalue weighted by Crippen LogP contribution is -1.84. The molecule has 4 aromatic carbocycles. The summed E-state index contributed by atoms with van der Waals surface area (Å²) in [6.07, 6.45) is 2.11. The lowest BCUT2D eigenvalue weighted by molar-refractivity contribution is 1.46. The van der Waals surface area contributed by atoms with Crippen molar-refractivity contribution in [3.8, 4) is 11.1 Å². The van der Waals surface area contributed by atoms with Crippen molar-refractivity contribution < 1.29 is 0 Å². The van der Waals surface area contributed by atoms with Gasteiger partial charge in [0.05, 0.1) is 0 Å². The fourth-order valence-corrected chi connectivity index (χ4v) is 5.81. The second-order valence-electron chi connectivity index (χ2n) is 6.29. The van der Waals surface area contributed by atoms with Crippen molar-refractivity contribution in [2.75, 3.05) is 6.26 Å². The third-order valence-electron chi connectivity index (χ3n) is 4.84. The zero-order valence-electron chi connectivity index (χ0n) is 14.1. The molecule has 0 aliphatic heterocycles. The highest BCUT2D eigenvalue weighted by Crippen LogP contribution is 2.44. The van der Waals surface area contributed by atoms with Crippen LogP contribution >= 0.6 is 34.7 Å². The Morgan fingerprint density at radius 2 is 1.69 bits per heavy atom. The molecule has 5 rings (SSSR count). The summed E-state index contributed by atoms with van der Waals surface area (Å²) in [4.78, 5) is 1.21. The first-order valence-electron chi connectivity index (χ1n) is 8.43. The average molecular weight is 391 g/mol. The molecule has 0 unspecified atom stereocenters. The third kappa shape index (κ3) is 2.44. The molecule has 0 saturated heterocycles. The van der Waals surface area contributed by atoms with Crippen molar-refractivity contribution in [3.63, 3.8) is 0 Å². The molecular formula is C23H15ClS2. The topological polar surface area (TPSA) is 0 Å². The van der Waals surface area contributed by atoms with E-state index >= 15 is 0 Å². The van der Waals surface area contributed by atoms with Gasteiger partial charge in [-0.1, -0.05) is 66.2 Å². The molecule has 0 atom stereocenters. The molecule has 3 heteroatoms. The lowest BCUT2D eigenvalue weighted by Gasteiger charge is -2.10. The summed E-state index contributed by atoms with van der Waals surface area (Å²) in [5, 5.41) is 6.09. The van der Waals surface area contributed by atoms with Gasteiger partial charge in [0.25, 0.3) is 0 Å². The van der Waals surface area contributed by atoms with E-state index in [1.54, 1.807) is 11.8 Å². The molecule has 5 aromatic rings. The van der Waals surface area contributed by atoms with E-state index in [-0.39, 0.29) is 0 Å². The number of thioether (sulfide) groups is 1. The molecule has 0 amide bonds. The zero-order valence-corrected chi connectivity index (χ0v) is 16.5.